The van der Waals surface area contributed by atoms with Crippen LogP contribution in [0.15, 0.2) is 18.2 Å². The Kier molecular flexibility index (Phi) is 4.62. The van der Waals surface area contributed by atoms with Crippen LogP contribution in [0.1, 0.15) is 29.6 Å². The van der Waals surface area contributed by atoms with Gasteiger partial charge in [-0.2, -0.15) is 11.8 Å². The first-order valence-corrected chi connectivity index (χ1v) is 7.84. The van der Waals surface area contributed by atoms with Gasteiger partial charge in [-0.3, -0.25) is 0 Å². The number of carboxylic acids is 1. The number of hydrogen-bond acceptors (Lipinski definition) is 4. The summed E-state index contributed by atoms with van der Waals surface area (Å²) in [5.41, 5.74) is 0.0851. The molecule has 0 aliphatic heterocycles. The molecule has 1 aromatic carbocycles. The maximum atomic E-state index is 11.8. The monoisotopic (exact) mass is 310 g/mol. The molecule has 0 radical (unpaired) electrons. The third kappa shape index (κ3) is 3.60. The van der Waals surface area contributed by atoms with E-state index in [4.69, 9.17) is 5.11 Å². The number of thioether (sulfide) groups is 1. The molecule has 7 heteroatoms. The number of rotatable bonds is 5. The van der Waals surface area contributed by atoms with Crippen molar-refractivity contribution < 1.29 is 19.8 Å². The van der Waals surface area contributed by atoms with Crippen molar-refractivity contribution in [2.75, 3.05) is 18.1 Å². The summed E-state index contributed by atoms with van der Waals surface area (Å²) in [6, 6.07) is 3.55. The van der Waals surface area contributed by atoms with E-state index in [1.165, 1.54) is 24.6 Å². The van der Waals surface area contributed by atoms with E-state index in [0.29, 0.717) is 12.2 Å². The highest BCUT2D eigenvalue weighted by Crippen LogP contribution is 2.42. The number of amides is 2. The van der Waals surface area contributed by atoms with E-state index < -0.39 is 5.97 Å². The molecular weight excluding hydrogens is 292 g/mol. The van der Waals surface area contributed by atoms with Crippen LogP contribution in [0.2, 0.25) is 0 Å². The molecule has 1 aromatic rings. The highest BCUT2D eigenvalue weighted by Gasteiger charge is 2.36. The van der Waals surface area contributed by atoms with Crippen molar-refractivity contribution >= 4 is 29.4 Å². The summed E-state index contributed by atoms with van der Waals surface area (Å²) in [7, 11) is 0. The first kappa shape index (κ1) is 15.5. The lowest BCUT2D eigenvalue weighted by Crippen LogP contribution is -2.46. The van der Waals surface area contributed by atoms with Gasteiger partial charge >= 0.3 is 12.0 Å². The van der Waals surface area contributed by atoms with Crippen LogP contribution in [0.5, 0.6) is 5.75 Å². The van der Waals surface area contributed by atoms with E-state index in [9.17, 15) is 14.7 Å². The van der Waals surface area contributed by atoms with Crippen molar-refractivity contribution in [2.45, 2.75) is 24.0 Å². The van der Waals surface area contributed by atoms with Gasteiger partial charge in [0.25, 0.3) is 0 Å². The predicted octanol–water partition coefficient (Wildman–Crippen LogP) is 2.50. The number of urea groups is 1. The number of nitrogens with one attached hydrogen (secondary N) is 2. The van der Waals surface area contributed by atoms with Gasteiger partial charge in [0, 0.05) is 17.0 Å². The Labute approximate surface area is 126 Å². The van der Waals surface area contributed by atoms with Crippen LogP contribution in [0.4, 0.5) is 10.5 Å². The minimum atomic E-state index is -1.24. The molecule has 2 rings (SSSR count). The molecule has 114 valence electrons. The SMILES string of the molecule is CSC1(CNC(=O)Nc2ccc(O)c(C(=O)O)c2)CCC1. The Morgan fingerprint density at radius 2 is 2.10 bits per heavy atom. The fourth-order valence-corrected chi connectivity index (χ4v) is 3.14. The molecule has 1 aliphatic carbocycles. The Hall–Kier alpha value is -1.89. The maximum Gasteiger partial charge on any atom is 0.339 e. The van der Waals surface area contributed by atoms with Crippen molar-refractivity contribution in [1.82, 2.24) is 5.32 Å². The second kappa shape index (κ2) is 6.26. The van der Waals surface area contributed by atoms with Crippen LogP contribution >= 0.6 is 11.8 Å². The number of benzene rings is 1. The highest BCUT2D eigenvalue weighted by molar-refractivity contribution is 8.00. The van der Waals surface area contributed by atoms with E-state index in [1.807, 2.05) is 6.26 Å². The van der Waals surface area contributed by atoms with Crippen molar-refractivity contribution in [3.05, 3.63) is 23.8 Å². The molecule has 0 heterocycles. The van der Waals surface area contributed by atoms with Crippen LogP contribution < -0.4 is 10.6 Å². The van der Waals surface area contributed by atoms with Gasteiger partial charge in [0.1, 0.15) is 11.3 Å². The Balaban J connectivity index is 1.93. The molecule has 1 saturated carbocycles. The summed E-state index contributed by atoms with van der Waals surface area (Å²) in [5, 5.41) is 23.7. The van der Waals surface area contributed by atoms with E-state index in [-0.39, 0.29) is 22.1 Å². The van der Waals surface area contributed by atoms with Gasteiger partial charge in [-0.15, -0.1) is 0 Å². The van der Waals surface area contributed by atoms with Crippen LogP contribution in [-0.4, -0.2) is 39.8 Å². The summed E-state index contributed by atoms with van der Waals surface area (Å²) in [6.07, 6.45) is 5.41. The number of anilines is 1. The molecule has 0 aromatic heterocycles. The molecule has 2 amide bonds. The lowest BCUT2D eigenvalue weighted by molar-refractivity contribution is 0.0693. The molecule has 4 N–H and O–H groups in total. The van der Waals surface area contributed by atoms with Gasteiger partial charge in [-0.25, -0.2) is 9.59 Å². The van der Waals surface area contributed by atoms with Gasteiger partial charge in [-0.1, -0.05) is 6.42 Å². The van der Waals surface area contributed by atoms with E-state index in [1.54, 1.807) is 11.8 Å². The van der Waals surface area contributed by atoms with E-state index in [2.05, 4.69) is 10.6 Å². The zero-order valence-electron chi connectivity index (χ0n) is 11.7. The largest absolute Gasteiger partial charge is 0.507 e. The van der Waals surface area contributed by atoms with Crippen molar-refractivity contribution in [2.24, 2.45) is 0 Å². The van der Waals surface area contributed by atoms with Crippen molar-refractivity contribution in [3.63, 3.8) is 0 Å². The summed E-state index contributed by atoms with van der Waals surface area (Å²) in [4.78, 5) is 22.8. The number of carboxylic acid groups (broad SMARTS) is 1. The smallest absolute Gasteiger partial charge is 0.339 e. The fourth-order valence-electron chi connectivity index (χ4n) is 2.23. The van der Waals surface area contributed by atoms with Crippen LogP contribution in [0, 0.1) is 0 Å². The van der Waals surface area contributed by atoms with Gasteiger partial charge in [-0.05, 0) is 37.3 Å². The molecule has 1 aliphatic rings. The maximum absolute atomic E-state index is 11.8. The molecule has 6 nitrogen and oxygen atoms in total. The second-order valence-corrected chi connectivity index (χ2v) is 6.36. The third-order valence-corrected chi connectivity index (χ3v) is 5.17. The number of aromatic carboxylic acids is 1. The molecule has 0 spiro atoms. The lowest BCUT2D eigenvalue weighted by atomic mass is 9.84. The molecule has 0 saturated heterocycles. The number of hydrogen-bond donors (Lipinski definition) is 4. The molecule has 21 heavy (non-hydrogen) atoms. The molecule has 0 unspecified atom stereocenters. The summed E-state index contributed by atoms with van der Waals surface area (Å²) in [5.74, 6) is -1.57. The standard InChI is InChI=1S/C14H18N2O4S/c1-21-14(5-2-6-14)8-15-13(20)16-9-3-4-11(17)10(7-9)12(18)19/h3-4,7,17H,2,5-6,8H2,1H3,(H,18,19)(H2,15,16,20). The van der Waals surface area contributed by atoms with Crippen LogP contribution in [0.25, 0.3) is 0 Å². The Morgan fingerprint density at radius 1 is 1.38 bits per heavy atom. The third-order valence-electron chi connectivity index (χ3n) is 3.75. The van der Waals surface area contributed by atoms with Gasteiger partial charge in [0.05, 0.1) is 0 Å². The minimum Gasteiger partial charge on any atom is -0.507 e. The highest BCUT2D eigenvalue weighted by atomic mass is 32.2. The van der Waals surface area contributed by atoms with Gasteiger partial charge in [0.2, 0.25) is 0 Å². The first-order valence-electron chi connectivity index (χ1n) is 6.62. The molecular formula is C14H18N2O4S. The number of carbonyl (C=O) groups is 2. The number of aromatic hydroxyl groups is 1. The van der Waals surface area contributed by atoms with Gasteiger partial charge < -0.3 is 20.8 Å². The van der Waals surface area contributed by atoms with Crippen molar-refractivity contribution in [1.29, 1.82) is 0 Å². The summed E-state index contributed by atoms with van der Waals surface area (Å²) < 4.78 is 0.137. The Bertz CT molecular complexity index is 552. The predicted molar refractivity (Wildman–Crippen MR) is 82.2 cm³/mol. The number of carbonyl (C=O) groups excluding carboxylic acids is 1. The lowest BCUT2D eigenvalue weighted by Gasteiger charge is -2.40. The van der Waals surface area contributed by atoms with Crippen molar-refractivity contribution in [3.8, 4) is 5.75 Å². The fraction of sp³-hybridized carbons (Fsp3) is 0.429. The molecule has 0 atom stereocenters. The van der Waals surface area contributed by atoms with Crippen LogP contribution in [-0.2, 0) is 0 Å². The molecule has 1 fully saturated rings. The first-order chi connectivity index (χ1) is 9.96. The average Bonchev–Trinajstić information content (AvgIpc) is 2.40. The van der Waals surface area contributed by atoms with E-state index >= 15 is 0 Å². The zero-order valence-corrected chi connectivity index (χ0v) is 12.5. The average molecular weight is 310 g/mol. The quantitative estimate of drug-likeness (QED) is 0.626. The Morgan fingerprint density at radius 3 is 2.62 bits per heavy atom. The summed E-state index contributed by atoms with van der Waals surface area (Å²) in [6.45, 7) is 0.587. The number of phenols is 1. The van der Waals surface area contributed by atoms with Gasteiger partial charge in [0.15, 0.2) is 0 Å². The van der Waals surface area contributed by atoms with Crippen LogP contribution in [0.3, 0.4) is 0 Å². The zero-order chi connectivity index (χ0) is 15.5. The van der Waals surface area contributed by atoms with E-state index in [0.717, 1.165) is 12.8 Å². The topological polar surface area (TPSA) is 98.7 Å². The molecule has 0 bridgehead atoms. The minimum absolute atomic E-state index is 0.137. The summed E-state index contributed by atoms with van der Waals surface area (Å²) >= 11 is 1.76. The normalized spacial score (nSPS) is 15.9. The second-order valence-electron chi connectivity index (χ2n) is 5.09.